The van der Waals surface area contributed by atoms with Crippen LogP contribution in [-0.2, 0) is 23.5 Å². The van der Waals surface area contributed by atoms with Gasteiger partial charge < -0.3 is 23.5 Å². The molecule has 1 aromatic rings. The van der Waals surface area contributed by atoms with Gasteiger partial charge in [0.25, 0.3) is 0 Å². The molecule has 0 amide bonds. The fraction of sp³-hybridized carbons (Fsp3) is 0.533. The Labute approximate surface area is 128 Å². The van der Waals surface area contributed by atoms with E-state index >= 15 is 0 Å². The number of carbonyl (C=O) groups is 1. The molecule has 1 aromatic carbocycles. The first-order chi connectivity index (χ1) is 10.6. The third kappa shape index (κ3) is 2.30. The van der Waals surface area contributed by atoms with Crippen LogP contribution in [0.3, 0.4) is 0 Å². The topological polar surface area (TPSA) is 63.2 Å². The second kappa shape index (κ2) is 5.14. The standard InChI is InChI=1S/C15H17BO6/c1-15(2)20-13-12-11(19-14(13)21-15)8-18-16(22-12)10-6-4-3-5-9(10)7-17/h3-7,11-14H,8H2,1-2H3/t11-,12+,13-,14-/m1/s1. The highest BCUT2D eigenvalue weighted by atomic mass is 16.8. The second-order valence-corrected chi connectivity index (χ2v) is 6.16. The summed E-state index contributed by atoms with van der Waals surface area (Å²) in [5, 5.41) is 0. The normalized spacial score (nSPS) is 36.0. The van der Waals surface area contributed by atoms with Gasteiger partial charge >= 0.3 is 7.12 Å². The maximum Gasteiger partial charge on any atom is 0.495 e. The maximum atomic E-state index is 11.2. The molecule has 6 nitrogen and oxygen atoms in total. The average Bonchev–Trinajstić information content (AvgIpc) is 2.98. The highest BCUT2D eigenvalue weighted by Crippen LogP contribution is 2.40. The maximum absolute atomic E-state index is 11.2. The summed E-state index contributed by atoms with van der Waals surface area (Å²) in [7, 11) is -0.600. The van der Waals surface area contributed by atoms with Gasteiger partial charge in [-0.1, -0.05) is 24.3 Å². The third-order valence-electron chi connectivity index (χ3n) is 4.16. The first-order valence-electron chi connectivity index (χ1n) is 7.40. The molecule has 4 atom stereocenters. The summed E-state index contributed by atoms with van der Waals surface area (Å²) in [6, 6.07) is 7.24. The Hall–Kier alpha value is -1.25. The minimum atomic E-state index is -0.682. The van der Waals surface area contributed by atoms with E-state index in [4.69, 9.17) is 23.5 Å². The van der Waals surface area contributed by atoms with Crippen molar-refractivity contribution in [3.8, 4) is 0 Å². The molecule has 3 saturated heterocycles. The Balaban J connectivity index is 1.56. The SMILES string of the molecule is CC1(C)O[C@H]2O[C@@H]3COB(c4ccccc4C=O)O[C@@H]3[C@H]2O1. The number of hydrogen-bond donors (Lipinski definition) is 0. The van der Waals surface area contributed by atoms with Crippen LogP contribution in [-0.4, -0.2) is 50.4 Å². The van der Waals surface area contributed by atoms with E-state index in [9.17, 15) is 4.79 Å². The van der Waals surface area contributed by atoms with Gasteiger partial charge in [-0.3, -0.25) is 4.79 Å². The summed E-state index contributed by atoms with van der Waals surface area (Å²) in [6.45, 7) is 4.08. The molecular formula is C15H17BO6. The fourth-order valence-electron chi connectivity index (χ4n) is 3.21. The molecule has 3 heterocycles. The Morgan fingerprint density at radius 1 is 1.23 bits per heavy atom. The smallest absolute Gasteiger partial charge is 0.404 e. The highest BCUT2D eigenvalue weighted by Gasteiger charge is 2.58. The van der Waals surface area contributed by atoms with Crippen molar-refractivity contribution in [1.82, 2.24) is 0 Å². The number of fused-ring (bicyclic) bond motifs is 3. The van der Waals surface area contributed by atoms with Crippen molar-refractivity contribution in [1.29, 1.82) is 0 Å². The zero-order valence-corrected chi connectivity index (χ0v) is 12.4. The van der Waals surface area contributed by atoms with Gasteiger partial charge in [-0.05, 0) is 19.3 Å². The van der Waals surface area contributed by atoms with Crippen molar-refractivity contribution in [2.45, 2.75) is 44.2 Å². The lowest BCUT2D eigenvalue weighted by atomic mass is 9.74. The summed E-state index contributed by atoms with van der Waals surface area (Å²) in [4.78, 5) is 11.2. The van der Waals surface area contributed by atoms with Gasteiger partial charge in [0, 0.05) is 5.56 Å². The van der Waals surface area contributed by atoms with E-state index in [1.165, 1.54) is 0 Å². The number of aldehydes is 1. The zero-order valence-electron chi connectivity index (χ0n) is 12.4. The molecule has 22 heavy (non-hydrogen) atoms. The predicted octanol–water partition coefficient (Wildman–Crippen LogP) is 0.486. The minimum Gasteiger partial charge on any atom is -0.404 e. The van der Waals surface area contributed by atoms with Gasteiger partial charge in [0.05, 0.1) is 6.61 Å². The van der Waals surface area contributed by atoms with Crippen LogP contribution in [0.5, 0.6) is 0 Å². The summed E-state index contributed by atoms with van der Waals surface area (Å²) >= 11 is 0. The van der Waals surface area contributed by atoms with E-state index in [1.807, 2.05) is 32.0 Å². The van der Waals surface area contributed by atoms with Crippen molar-refractivity contribution in [3.63, 3.8) is 0 Å². The van der Waals surface area contributed by atoms with Crippen LogP contribution in [0.1, 0.15) is 24.2 Å². The second-order valence-electron chi connectivity index (χ2n) is 6.16. The molecule has 0 aromatic heterocycles. The average molecular weight is 304 g/mol. The molecule has 0 unspecified atom stereocenters. The molecule has 0 N–H and O–H groups in total. The van der Waals surface area contributed by atoms with Crippen LogP contribution in [0.15, 0.2) is 24.3 Å². The van der Waals surface area contributed by atoms with E-state index < -0.39 is 19.2 Å². The lowest BCUT2D eigenvalue weighted by Crippen LogP contribution is -2.54. The first-order valence-corrected chi connectivity index (χ1v) is 7.40. The molecule has 0 bridgehead atoms. The minimum absolute atomic E-state index is 0.217. The van der Waals surface area contributed by atoms with Crippen LogP contribution in [0.2, 0.25) is 0 Å². The molecule has 0 saturated carbocycles. The highest BCUT2D eigenvalue weighted by molar-refractivity contribution is 6.62. The summed E-state index contributed by atoms with van der Waals surface area (Å²) in [6.07, 6.45) is -0.403. The van der Waals surface area contributed by atoms with E-state index in [1.54, 1.807) is 6.07 Å². The molecule has 0 spiro atoms. The zero-order chi connectivity index (χ0) is 15.3. The third-order valence-corrected chi connectivity index (χ3v) is 4.16. The Bertz CT molecular complexity index is 591. The monoisotopic (exact) mass is 304 g/mol. The summed E-state index contributed by atoms with van der Waals surface area (Å²) < 4.78 is 29.2. The number of benzene rings is 1. The Morgan fingerprint density at radius 2 is 2.05 bits per heavy atom. The van der Waals surface area contributed by atoms with E-state index in [0.29, 0.717) is 12.2 Å². The van der Waals surface area contributed by atoms with E-state index in [0.717, 1.165) is 11.7 Å². The van der Waals surface area contributed by atoms with Gasteiger partial charge in [0.15, 0.2) is 12.1 Å². The lowest BCUT2D eigenvalue weighted by Gasteiger charge is -2.33. The van der Waals surface area contributed by atoms with Gasteiger partial charge in [-0.25, -0.2) is 0 Å². The molecule has 7 heteroatoms. The van der Waals surface area contributed by atoms with E-state index in [-0.39, 0.29) is 18.3 Å². The predicted molar refractivity (Wildman–Crippen MR) is 76.7 cm³/mol. The summed E-state index contributed by atoms with van der Waals surface area (Å²) in [5.74, 6) is -0.682. The molecular weight excluding hydrogens is 287 g/mol. The van der Waals surface area contributed by atoms with Crippen LogP contribution < -0.4 is 5.46 Å². The number of carbonyl (C=O) groups excluding carboxylic acids is 1. The van der Waals surface area contributed by atoms with Crippen molar-refractivity contribution in [2.24, 2.45) is 0 Å². The van der Waals surface area contributed by atoms with Crippen molar-refractivity contribution < 1.29 is 28.3 Å². The summed E-state index contributed by atoms with van der Waals surface area (Å²) in [5.41, 5.74) is 1.28. The number of ether oxygens (including phenoxy) is 3. The largest absolute Gasteiger partial charge is 0.495 e. The van der Waals surface area contributed by atoms with Gasteiger partial charge in [-0.2, -0.15) is 0 Å². The number of rotatable bonds is 2. The molecule has 0 aliphatic carbocycles. The van der Waals surface area contributed by atoms with Crippen LogP contribution in [0.4, 0.5) is 0 Å². The van der Waals surface area contributed by atoms with E-state index in [2.05, 4.69) is 0 Å². The molecule has 0 radical (unpaired) electrons. The molecule has 116 valence electrons. The Kier molecular flexibility index (Phi) is 3.36. The van der Waals surface area contributed by atoms with Crippen molar-refractivity contribution in [2.75, 3.05) is 6.61 Å². The first kappa shape index (κ1) is 14.4. The molecule has 3 aliphatic rings. The van der Waals surface area contributed by atoms with Crippen LogP contribution in [0.25, 0.3) is 0 Å². The van der Waals surface area contributed by atoms with Crippen LogP contribution in [0, 0.1) is 0 Å². The van der Waals surface area contributed by atoms with Gasteiger partial charge in [0.1, 0.15) is 24.6 Å². The molecule has 4 rings (SSSR count). The van der Waals surface area contributed by atoms with Gasteiger partial charge in [0.2, 0.25) is 0 Å². The lowest BCUT2D eigenvalue weighted by molar-refractivity contribution is -0.221. The number of hydrogen-bond acceptors (Lipinski definition) is 6. The van der Waals surface area contributed by atoms with Crippen molar-refractivity contribution in [3.05, 3.63) is 29.8 Å². The fourth-order valence-corrected chi connectivity index (χ4v) is 3.21. The molecule has 3 aliphatic heterocycles. The Morgan fingerprint density at radius 3 is 2.86 bits per heavy atom. The van der Waals surface area contributed by atoms with Crippen molar-refractivity contribution >= 4 is 18.9 Å². The van der Waals surface area contributed by atoms with Crippen LogP contribution >= 0.6 is 0 Å². The molecule has 3 fully saturated rings. The quantitative estimate of drug-likeness (QED) is 0.585. The van der Waals surface area contributed by atoms with Gasteiger partial charge in [-0.15, -0.1) is 0 Å².